The maximum Gasteiger partial charge on any atom is 0.446 e. The van der Waals surface area contributed by atoms with Crippen LogP contribution in [0.15, 0.2) is 0 Å². The van der Waals surface area contributed by atoms with Gasteiger partial charge in [0.15, 0.2) is 0 Å². The molecule has 0 aromatic rings. The molecule has 0 aromatic carbocycles. The Kier molecular flexibility index (Phi) is 9.06. The van der Waals surface area contributed by atoms with Crippen LogP contribution in [-0.4, -0.2) is 36.7 Å². The summed E-state index contributed by atoms with van der Waals surface area (Å²) in [6, 6.07) is 0. The van der Waals surface area contributed by atoms with Crippen LogP contribution in [-0.2, 0) is 9.14 Å². The lowest BCUT2D eigenvalue weighted by Gasteiger charge is -2.29. The molecule has 116 valence electrons. The molecule has 0 atom stereocenters. The number of hydrogen-bond acceptors (Lipinski definition) is 4. The van der Waals surface area contributed by atoms with Crippen molar-refractivity contribution >= 4 is 37.3 Å². The molecule has 2 N–H and O–H groups in total. The van der Waals surface area contributed by atoms with Crippen LogP contribution in [0.5, 0.6) is 0 Å². The molecule has 8 heteroatoms. The number of alkyl halides is 1. The molecule has 0 saturated carbocycles. The molecule has 0 aliphatic rings. The fourth-order valence-corrected chi connectivity index (χ4v) is 1.67. The third kappa shape index (κ3) is 8.72. The van der Waals surface area contributed by atoms with Gasteiger partial charge in [-0.05, 0) is 23.4 Å². The van der Waals surface area contributed by atoms with Crippen LogP contribution in [0.25, 0.3) is 0 Å². The Hall–Kier alpha value is 0.515. The van der Waals surface area contributed by atoms with Gasteiger partial charge in [0.05, 0.1) is 0 Å². The number of halogens is 1. The van der Waals surface area contributed by atoms with Crippen molar-refractivity contribution in [1.29, 1.82) is 0 Å². The zero-order chi connectivity index (χ0) is 16.0. The SMILES string of the molecule is CC(C)(C)B(O)OB(CCCCBr)OB(O)C(C)(C)C. The maximum absolute atomic E-state index is 10.0. The van der Waals surface area contributed by atoms with Crippen LogP contribution in [0.1, 0.15) is 54.4 Å². The maximum atomic E-state index is 10.0. The molecule has 20 heavy (non-hydrogen) atoms. The van der Waals surface area contributed by atoms with Crippen LogP contribution in [0, 0.1) is 0 Å². The minimum atomic E-state index is -0.927. The molecule has 0 unspecified atom stereocenters. The van der Waals surface area contributed by atoms with E-state index in [1.807, 2.05) is 41.5 Å². The van der Waals surface area contributed by atoms with Crippen molar-refractivity contribution in [1.82, 2.24) is 0 Å². The van der Waals surface area contributed by atoms with Crippen LogP contribution < -0.4 is 0 Å². The van der Waals surface area contributed by atoms with E-state index in [1.54, 1.807) is 0 Å². The van der Waals surface area contributed by atoms with Gasteiger partial charge in [-0.3, -0.25) is 0 Å². The second-order valence-electron chi connectivity index (χ2n) is 7.32. The third-order valence-electron chi connectivity index (χ3n) is 2.87. The van der Waals surface area contributed by atoms with E-state index in [9.17, 15) is 10.0 Å². The highest BCUT2D eigenvalue weighted by atomic mass is 79.9. The summed E-state index contributed by atoms with van der Waals surface area (Å²) in [6.45, 7) is 11.4. The van der Waals surface area contributed by atoms with Gasteiger partial charge < -0.3 is 19.2 Å². The van der Waals surface area contributed by atoms with E-state index < -0.39 is 21.4 Å². The number of hydrogen-bond donors (Lipinski definition) is 2. The summed E-state index contributed by atoms with van der Waals surface area (Å²) in [5.41, 5.74) is 0. The molecular weight excluding hydrogens is 320 g/mol. The molecule has 0 heterocycles. The predicted molar refractivity (Wildman–Crippen MR) is 91.1 cm³/mol. The van der Waals surface area contributed by atoms with Gasteiger partial charge in [-0.1, -0.05) is 63.9 Å². The lowest BCUT2D eigenvalue weighted by molar-refractivity contribution is 0.296. The highest BCUT2D eigenvalue weighted by Gasteiger charge is 2.39. The van der Waals surface area contributed by atoms with Crippen LogP contribution in [0.3, 0.4) is 0 Å². The van der Waals surface area contributed by atoms with E-state index in [2.05, 4.69) is 15.9 Å². The average Bonchev–Trinajstić information content (AvgIpc) is 2.26. The molecule has 0 radical (unpaired) electrons. The Balaban J connectivity index is 4.56. The molecule has 0 rings (SSSR count). The van der Waals surface area contributed by atoms with Crippen molar-refractivity contribution in [2.75, 3.05) is 5.33 Å². The van der Waals surface area contributed by atoms with Gasteiger partial charge in [-0.15, -0.1) is 0 Å². The second-order valence-corrected chi connectivity index (χ2v) is 8.12. The molecule has 0 aromatic heterocycles. The summed E-state index contributed by atoms with van der Waals surface area (Å²) in [6.07, 6.45) is 2.55. The summed E-state index contributed by atoms with van der Waals surface area (Å²) in [7, 11) is -2.45. The zero-order valence-corrected chi connectivity index (χ0v) is 15.2. The Labute approximate surface area is 133 Å². The Morgan fingerprint density at radius 3 is 1.55 bits per heavy atom. The van der Waals surface area contributed by atoms with Crippen LogP contribution >= 0.6 is 15.9 Å². The zero-order valence-electron chi connectivity index (χ0n) is 13.6. The molecule has 0 amide bonds. The summed E-state index contributed by atoms with van der Waals surface area (Å²) < 4.78 is 11.2. The van der Waals surface area contributed by atoms with Crippen LogP contribution in [0.2, 0.25) is 16.9 Å². The fourth-order valence-electron chi connectivity index (χ4n) is 1.27. The van der Waals surface area contributed by atoms with E-state index in [-0.39, 0.29) is 10.6 Å². The van der Waals surface area contributed by atoms with Crippen molar-refractivity contribution in [3.8, 4) is 0 Å². The molecular formula is C12H28B3BrO4. The first kappa shape index (κ1) is 20.5. The van der Waals surface area contributed by atoms with Crippen molar-refractivity contribution < 1.29 is 19.2 Å². The molecule has 4 nitrogen and oxygen atoms in total. The number of unbranched alkanes of at least 4 members (excludes halogenated alkanes) is 1. The summed E-state index contributed by atoms with van der Waals surface area (Å²) in [4.78, 5) is 0. The molecule has 0 spiro atoms. The monoisotopic (exact) mass is 348 g/mol. The first-order valence-corrected chi connectivity index (χ1v) is 8.33. The van der Waals surface area contributed by atoms with Gasteiger partial charge in [-0.2, -0.15) is 0 Å². The van der Waals surface area contributed by atoms with Crippen molar-refractivity contribution in [3.05, 3.63) is 0 Å². The van der Waals surface area contributed by atoms with Crippen molar-refractivity contribution in [2.24, 2.45) is 0 Å². The van der Waals surface area contributed by atoms with Gasteiger partial charge in [0, 0.05) is 5.33 Å². The first-order valence-electron chi connectivity index (χ1n) is 7.21. The fraction of sp³-hybridized carbons (Fsp3) is 1.00. The summed E-state index contributed by atoms with van der Waals surface area (Å²) in [5, 5.41) is 20.2. The van der Waals surface area contributed by atoms with E-state index >= 15 is 0 Å². The molecule has 0 aliphatic heterocycles. The summed E-state index contributed by atoms with van der Waals surface area (Å²) in [5.74, 6) is 0. The molecule has 0 saturated heterocycles. The predicted octanol–water partition coefficient (Wildman–Crippen LogP) is 3.24. The largest absolute Gasteiger partial charge is 0.452 e. The number of rotatable bonds is 8. The lowest BCUT2D eigenvalue weighted by atomic mass is 9.57. The quantitative estimate of drug-likeness (QED) is 0.401. The van der Waals surface area contributed by atoms with Gasteiger partial charge in [-0.25, -0.2) is 0 Å². The normalized spacial score (nSPS) is 12.4. The van der Waals surface area contributed by atoms with E-state index in [0.717, 1.165) is 18.2 Å². The Bertz CT molecular complexity index is 246. The minimum absolute atomic E-state index is 0.385. The van der Waals surface area contributed by atoms with Gasteiger partial charge in [0.2, 0.25) is 0 Å². The van der Waals surface area contributed by atoms with Crippen molar-refractivity contribution in [3.63, 3.8) is 0 Å². The van der Waals surface area contributed by atoms with Gasteiger partial charge in [0.1, 0.15) is 0 Å². The average molecular weight is 349 g/mol. The first-order chi connectivity index (χ1) is 8.98. The topological polar surface area (TPSA) is 58.9 Å². The van der Waals surface area contributed by atoms with Crippen LogP contribution in [0.4, 0.5) is 0 Å². The lowest BCUT2D eigenvalue weighted by Crippen LogP contribution is -2.43. The summed E-state index contributed by atoms with van der Waals surface area (Å²) >= 11 is 3.38. The second kappa shape index (κ2) is 8.84. The highest BCUT2D eigenvalue weighted by molar-refractivity contribution is 9.09. The smallest absolute Gasteiger partial charge is 0.446 e. The molecule has 0 fully saturated rings. The van der Waals surface area contributed by atoms with Gasteiger partial charge in [0.25, 0.3) is 0 Å². The van der Waals surface area contributed by atoms with E-state index in [1.165, 1.54) is 0 Å². The van der Waals surface area contributed by atoms with Crippen molar-refractivity contribution in [2.45, 2.75) is 71.3 Å². The van der Waals surface area contributed by atoms with Gasteiger partial charge >= 0.3 is 21.4 Å². The van der Waals surface area contributed by atoms with E-state index in [4.69, 9.17) is 9.14 Å². The highest BCUT2D eigenvalue weighted by Crippen LogP contribution is 2.29. The van der Waals surface area contributed by atoms with E-state index in [0.29, 0.717) is 6.32 Å². The third-order valence-corrected chi connectivity index (χ3v) is 3.43. The standard InChI is InChI=1S/C12H28B3BrO4/c1-11(2,3)14(17)19-13(9-7-8-10-16)20-15(18)12(4,5)6/h17-18H,7-10H2,1-6H3. The molecule has 0 bridgehead atoms. The Morgan fingerprint density at radius 1 is 0.850 bits per heavy atom. The Morgan fingerprint density at radius 2 is 1.25 bits per heavy atom. The minimum Gasteiger partial charge on any atom is -0.452 e. The molecule has 0 aliphatic carbocycles.